The molecule has 2 heterocycles. The number of carbonyl (C=O) groups is 2. The number of imidazole rings is 1. The van der Waals surface area contributed by atoms with E-state index in [1.54, 1.807) is 38.4 Å². The van der Waals surface area contributed by atoms with Crippen LogP contribution in [0.25, 0.3) is 11.4 Å². The summed E-state index contributed by atoms with van der Waals surface area (Å²) in [6, 6.07) is 17.0. The Bertz CT molecular complexity index is 1070. The Kier molecular flexibility index (Phi) is 5.65. The largest absolute Gasteiger partial charge is 0.345 e. The quantitative estimate of drug-likeness (QED) is 0.710. The molecule has 30 heavy (non-hydrogen) atoms. The summed E-state index contributed by atoms with van der Waals surface area (Å²) in [5, 5.41) is 2.94. The molecule has 0 bridgehead atoms. The predicted octanol–water partition coefficient (Wildman–Crippen LogP) is 4.23. The number of hydrogen-bond donors (Lipinski definition) is 1. The Morgan fingerprint density at radius 2 is 1.80 bits per heavy atom. The fourth-order valence-corrected chi connectivity index (χ4v) is 3.89. The van der Waals surface area contributed by atoms with Gasteiger partial charge in [-0.15, -0.1) is 0 Å². The molecule has 0 unspecified atom stereocenters. The first-order valence-electron chi connectivity index (χ1n) is 10.3. The van der Waals surface area contributed by atoms with Gasteiger partial charge in [0.2, 0.25) is 0 Å². The summed E-state index contributed by atoms with van der Waals surface area (Å²) in [5.74, 6) is 0.500. The summed E-state index contributed by atoms with van der Waals surface area (Å²) < 4.78 is 2.20. The van der Waals surface area contributed by atoms with E-state index >= 15 is 0 Å². The normalized spacial score (nSPS) is 13.3. The molecular formula is C24H26N4O2. The molecular weight excluding hydrogens is 376 g/mol. The van der Waals surface area contributed by atoms with Crippen molar-refractivity contribution >= 4 is 17.5 Å². The van der Waals surface area contributed by atoms with Crippen molar-refractivity contribution in [1.82, 2.24) is 14.5 Å². The lowest BCUT2D eigenvalue weighted by atomic mass is 10.1. The van der Waals surface area contributed by atoms with E-state index in [2.05, 4.69) is 9.88 Å². The van der Waals surface area contributed by atoms with E-state index in [-0.39, 0.29) is 11.8 Å². The third-order valence-corrected chi connectivity index (χ3v) is 5.39. The Balaban J connectivity index is 1.67. The lowest BCUT2D eigenvalue weighted by Gasteiger charge is -2.12. The van der Waals surface area contributed by atoms with Crippen LogP contribution in [0.15, 0.2) is 54.6 Å². The minimum absolute atomic E-state index is 0.103. The Morgan fingerprint density at radius 1 is 1.00 bits per heavy atom. The van der Waals surface area contributed by atoms with Crippen LogP contribution < -0.4 is 5.32 Å². The number of amides is 2. The highest BCUT2D eigenvalue weighted by Crippen LogP contribution is 2.27. The number of hydrogen-bond acceptors (Lipinski definition) is 3. The fraction of sp³-hybridized carbons (Fsp3) is 0.292. The second kappa shape index (κ2) is 8.53. The van der Waals surface area contributed by atoms with Gasteiger partial charge in [-0.2, -0.15) is 0 Å². The highest BCUT2D eigenvalue weighted by atomic mass is 16.2. The van der Waals surface area contributed by atoms with E-state index in [4.69, 9.17) is 4.98 Å². The van der Waals surface area contributed by atoms with Gasteiger partial charge < -0.3 is 14.8 Å². The summed E-state index contributed by atoms with van der Waals surface area (Å²) in [4.78, 5) is 31.7. The van der Waals surface area contributed by atoms with Gasteiger partial charge >= 0.3 is 0 Å². The highest BCUT2D eigenvalue weighted by molar-refractivity contribution is 6.05. The maximum Gasteiger partial charge on any atom is 0.276 e. The summed E-state index contributed by atoms with van der Waals surface area (Å²) in [6.07, 6.45) is 4.11. The maximum atomic E-state index is 13.2. The lowest BCUT2D eigenvalue weighted by Crippen LogP contribution is -2.22. The molecule has 154 valence electrons. The highest BCUT2D eigenvalue weighted by Gasteiger charge is 2.24. The standard InChI is InChI=1S/C24H26N4O2/c1-27(2)24(30)18-12-9-13-19(16-18)25-23(29)21-20-14-7-4-8-15-28(20)22(26-21)17-10-5-3-6-11-17/h3,5-6,9-13,16H,4,7-8,14-15H2,1-2H3,(H,25,29). The van der Waals surface area contributed by atoms with Crippen LogP contribution in [0.1, 0.15) is 45.8 Å². The van der Waals surface area contributed by atoms with Gasteiger partial charge in [-0.3, -0.25) is 9.59 Å². The molecule has 2 aromatic carbocycles. The molecule has 0 radical (unpaired) electrons. The van der Waals surface area contributed by atoms with Gasteiger partial charge in [0.25, 0.3) is 11.8 Å². The first-order valence-corrected chi connectivity index (χ1v) is 10.3. The molecule has 4 rings (SSSR count). The van der Waals surface area contributed by atoms with Crippen molar-refractivity contribution in [1.29, 1.82) is 0 Å². The van der Waals surface area contributed by atoms with Crippen molar-refractivity contribution in [3.8, 4) is 11.4 Å². The van der Waals surface area contributed by atoms with Crippen LogP contribution in [-0.2, 0) is 13.0 Å². The van der Waals surface area contributed by atoms with Gasteiger partial charge in [0.1, 0.15) is 11.5 Å². The van der Waals surface area contributed by atoms with E-state index in [0.717, 1.165) is 49.3 Å². The third-order valence-electron chi connectivity index (χ3n) is 5.39. The maximum absolute atomic E-state index is 13.2. The average molecular weight is 402 g/mol. The van der Waals surface area contributed by atoms with Gasteiger partial charge in [-0.05, 0) is 37.5 Å². The molecule has 0 saturated heterocycles. The SMILES string of the molecule is CN(C)C(=O)c1cccc(NC(=O)c2nc(-c3ccccc3)n3c2CCCCC3)c1. The van der Waals surface area contributed by atoms with Crippen LogP contribution in [0.5, 0.6) is 0 Å². The number of benzene rings is 2. The molecule has 6 heteroatoms. The number of nitrogens with zero attached hydrogens (tertiary/aromatic N) is 3. The minimum atomic E-state index is -0.239. The minimum Gasteiger partial charge on any atom is -0.345 e. The van der Waals surface area contributed by atoms with Crippen molar-refractivity contribution < 1.29 is 9.59 Å². The summed E-state index contributed by atoms with van der Waals surface area (Å²) >= 11 is 0. The van der Waals surface area contributed by atoms with Crippen LogP contribution in [0.4, 0.5) is 5.69 Å². The molecule has 3 aromatic rings. The zero-order chi connectivity index (χ0) is 21.1. The van der Waals surface area contributed by atoms with Gasteiger partial charge in [0.05, 0.1) is 5.69 Å². The second-order valence-electron chi connectivity index (χ2n) is 7.79. The summed E-state index contributed by atoms with van der Waals surface area (Å²) in [6.45, 7) is 0.868. The molecule has 1 aliphatic rings. The van der Waals surface area contributed by atoms with Crippen molar-refractivity contribution in [2.24, 2.45) is 0 Å². The number of carbonyl (C=O) groups excluding carboxylic acids is 2. The number of rotatable bonds is 4. The molecule has 0 saturated carbocycles. The van der Waals surface area contributed by atoms with Gasteiger partial charge in [-0.25, -0.2) is 4.98 Å². The smallest absolute Gasteiger partial charge is 0.276 e. The molecule has 0 fully saturated rings. The Morgan fingerprint density at radius 3 is 2.57 bits per heavy atom. The molecule has 6 nitrogen and oxygen atoms in total. The lowest BCUT2D eigenvalue weighted by molar-refractivity contribution is 0.0827. The molecule has 2 amide bonds. The third kappa shape index (κ3) is 3.99. The molecule has 0 atom stereocenters. The van der Waals surface area contributed by atoms with Gasteiger partial charge in [0, 0.05) is 37.5 Å². The number of fused-ring (bicyclic) bond motifs is 1. The first-order chi connectivity index (χ1) is 14.5. The Labute approximate surface area is 176 Å². The second-order valence-corrected chi connectivity index (χ2v) is 7.79. The number of anilines is 1. The summed E-state index contributed by atoms with van der Waals surface area (Å²) in [5.41, 5.74) is 3.60. The molecule has 0 spiro atoms. The van der Waals surface area contributed by atoms with Gasteiger partial charge in [-0.1, -0.05) is 42.8 Å². The molecule has 1 aliphatic heterocycles. The fourth-order valence-electron chi connectivity index (χ4n) is 3.89. The van der Waals surface area contributed by atoms with Crippen molar-refractivity contribution in [2.75, 3.05) is 19.4 Å². The van der Waals surface area contributed by atoms with E-state index in [0.29, 0.717) is 16.9 Å². The monoisotopic (exact) mass is 402 g/mol. The van der Waals surface area contributed by atoms with Crippen molar-refractivity contribution in [2.45, 2.75) is 32.2 Å². The van der Waals surface area contributed by atoms with Gasteiger partial charge in [0.15, 0.2) is 0 Å². The van der Waals surface area contributed by atoms with Crippen molar-refractivity contribution in [3.05, 3.63) is 71.5 Å². The average Bonchev–Trinajstić information content (AvgIpc) is 2.95. The molecule has 1 aromatic heterocycles. The Hall–Kier alpha value is -3.41. The van der Waals surface area contributed by atoms with Crippen LogP contribution in [0.3, 0.4) is 0 Å². The number of aromatic nitrogens is 2. The number of nitrogens with one attached hydrogen (secondary N) is 1. The van der Waals surface area contributed by atoms with E-state index < -0.39 is 0 Å². The van der Waals surface area contributed by atoms with Crippen molar-refractivity contribution in [3.63, 3.8) is 0 Å². The zero-order valence-electron chi connectivity index (χ0n) is 17.4. The van der Waals surface area contributed by atoms with Crippen LogP contribution in [0.2, 0.25) is 0 Å². The molecule has 1 N–H and O–H groups in total. The van der Waals surface area contributed by atoms with E-state index in [9.17, 15) is 9.59 Å². The topological polar surface area (TPSA) is 67.2 Å². The van der Waals surface area contributed by atoms with Crippen LogP contribution >= 0.6 is 0 Å². The summed E-state index contributed by atoms with van der Waals surface area (Å²) in [7, 11) is 3.41. The van der Waals surface area contributed by atoms with E-state index in [1.165, 1.54) is 4.90 Å². The van der Waals surface area contributed by atoms with E-state index in [1.807, 2.05) is 30.3 Å². The first kappa shape index (κ1) is 19.9. The molecule has 0 aliphatic carbocycles. The predicted molar refractivity (Wildman–Crippen MR) is 118 cm³/mol. The zero-order valence-corrected chi connectivity index (χ0v) is 17.4. The van der Waals surface area contributed by atoms with Crippen LogP contribution in [-0.4, -0.2) is 40.4 Å². The van der Waals surface area contributed by atoms with Crippen LogP contribution in [0, 0.1) is 0 Å².